The van der Waals surface area contributed by atoms with Crippen molar-refractivity contribution in [1.82, 2.24) is 4.90 Å². The normalized spacial score (nSPS) is 14.1. The first-order valence-corrected chi connectivity index (χ1v) is 8.73. The maximum Gasteiger partial charge on any atom is 0.239 e. The van der Waals surface area contributed by atoms with Crippen LogP contribution in [-0.2, 0) is 24.3 Å². The Kier molecular flexibility index (Phi) is 4.97. The highest BCUT2D eigenvalue weighted by atomic mass is 35.5. The number of nitrogens with one attached hydrogen (secondary N) is 1. The van der Waals surface area contributed by atoms with Crippen molar-refractivity contribution in [3.05, 3.63) is 51.9 Å². The molecule has 1 aromatic heterocycles. The molecule has 0 bridgehead atoms. The van der Waals surface area contributed by atoms with Crippen LogP contribution in [0.15, 0.2) is 30.3 Å². The Morgan fingerprint density at radius 3 is 2.87 bits per heavy atom. The lowest BCUT2D eigenvalue weighted by atomic mass is 10.0. The summed E-state index contributed by atoms with van der Waals surface area (Å²) in [6, 6.07) is 12.6. The second kappa shape index (κ2) is 7.14. The lowest BCUT2D eigenvalue weighted by Gasteiger charge is -2.26. The van der Waals surface area contributed by atoms with Crippen LogP contribution in [-0.4, -0.2) is 23.2 Å². The summed E-state index contributed by atoms with van der Waals surface area (Å²) in [6.07, 6.45) is 0.832. The van der Waals surface area contributed by atoms with Crippen molar-refractivity contribution in [2.24, 2.45) is 0 Å². The summed E-state index contributed by atoms with van der Waals surface area (Å²) in [5.74, 6) is -0.379. The van der Waals surface area contributed by atoms with Crippen LogP contribution in [0.25, 0.3) is 0 Å². The molecule has 23 heavy (non-hydrogen) atoms. The summed E-state index contributed by atoms with van der Waals surface area (Å²) >= 11 is 7.03. The van der Waals surface area contributed by atoms with Crippen molar-refractivity contribution < 1.29 is 4.79 Å². The van der Waals surface area contributed by atoms with Crippen molar-refractivity contribution in [3.63, 3.8) is 0 Å². The Bertz CT molecular complexity index is 751. The molecule has 0 saturated heterocycles. The summed E-state index contributed by atoms with van der Waals surface area (Å²) in [6.45, 7) is 2.61. The first-order valence-electron chi connectivity index (χ1n) is 7.38. The molecule has 4 nitrogen and oxygen atoms in total. The molecular weight excluding hydrogens is 330 g/mol. The predicted octanol–water partition coefficient (Wildman–Crippen LogP) is 3.36. The summed E-state index contributed by atoms with van der Waals surface area (Å²) in [7, 11) is 0. The van der Waals surface area contributed by atoms with E-state index >= 15 is 0 Å². The first kappa shape index (κ1) is 16.0. The molecular formula is C17H16ClN3OS. The van der Waals surface area contributed by atoms with Crippen LogP contribution in [0.5, 0.6) is 0 Å². The minimum Gasteiger partial charge on any atom is -0.316 e. The number of nitrogens with zero attached hydrogens (tertiary/aromatic N) is 2. The van der Waals surface area contributed by atoms with Gasteiger partial charge in [-0.3, -0.25) is 9.69 Å². The van der Waals surface area contributed by atoms with Crippen molar-refractivity contribution >= 4 is 33.8 Å². The third-order valence-electron chi connectivity index (χ3n) is 3.87. The lowest BCUT2D eigenvalue weighted by Crippen LogP contribution is -2.29. The number of rotatable bonds is 4. The molecule has 1 amide bonds. The Balaban J connectivity index is 1.78. The van der Waals surface area contributed by atoms with E-state index in [-0.39, 0.29) is 11.8 Å². The molecule has 1 N–H and O–H groups in total. The highest BCUT2D eigenvalue weighted by Gasteiger charge is 2.25. The number of nitriles is 1. The number of carbonyl (C=O) groups is 1. The quantitative estimate of drug-likeness (QED) is 0.864. The number of fused-ring (bicyclic) bond motifs is 1. The number of hydrogen-bond acceptors (Lipinski definition) is 4. The standard InChI is InChI=1S/C17H16ClN3OS/c18-8-16(22)20-17-14(9-19)13-6-7-21(11-15(13)23-17)10-12-4-2-1-3-5-12/h1-5H,6-8,10-11H2,(H,20,22). The van der Waals surface area contributed by atoms with E-state index in [2.05, 4.69) is 28.4 Å². The number of hydrogen-bond donors (Lipinski definition) is 1. The topological polar surface area (TPSA) is 56.1 Å². The number of thiophene rings is 1. The summed E-state index contributed by atoms with van der Waals surface area (Å²) < 4.78 is 0. The third kappa shape index (κ3) is 3.56. The van der Waals surface area contributed by atoms with Gasteiger partial charge in [0.25, 0.3) is 0 Å². The number of alkyl halides is 1. The Hall–Kier alpha value is -1.87. The highest BCUT2D eigenvalue weighted by molar-refractivity contribution is 7.16. The van der Waals surface area contributed by atoms with Crippen LogP contribution in [0.3, 0.4) is 0 Å². The minimum absolute atomic E-state index is 0.104. The molecule has 3 rings (SSSR count). The molecule has 0 fully saturated rings. The number of halogens is 1. The van der Waals surface area contributed by atoms with Gasteiger partial charge in [-0.1, -0.05) is 30.3 Å². The van der Waals surface area contributed by atoms with Crippen LogP contribution in [0.1, 0.15) is 21.6 Å². The van der Waals surface area contributed by atoms with Gasteiger partial charge in [0.1, 0.15) is 17.0 Å². The largest absolute Gasteiger partial charge is 0.316 e. The average Bonchev–Trinajstić information content (AvgIpc) is 2.91. The number of carbonyl (C=O) groups excluding carboxylic acids is 1. The monoisotopic (exact) mass is 345 g/mol. The number of anilines is 1. The van der Waals surface area contributed by atoms with E-state index in [1.165, 1.54) is 16.9 Å². The molecule has 0 saturated carbocycles. The molecule has 0 atom stereocenters. The second-order valence-corrected chi connectivity index (χ2v) is 6.82. The van der Waals surface area contributed by atoms with E-state index in [1.807, 2.05) is 18.2 Å². The maximum atomic E-state index is 11.5. The van der Waals surface area contributed by atoms with E-state index in [0.29, 0.717) is 10.6 Å². The van der Waals surface area contributed by atoms with Crippen LogP contribution in [0, 0.1) is 11.3 Å². The molecule has 0 aliphatic carbocycles. The second-order valence-electron chi connectivity index (χ2n) is 5.45. The van der Waals surface area contributed by atoms with Gasteiger partial charge < -0.3 is 5.32 Å². The van der Waals surface area contributed by atoms with E-state index in [1.54, 1.807) is 0 Å². The molecule has 6 heteroatoms. The molecule has 1 aromatic carbocycles. The number of benzene rings is 1. The van der Waals surface area contributed by atoms with Gasteiger partial charge in [-0.15, -0.1) is 22.9 Å². The smallest absolute Gasteiger partial charge is 0.239 e. The van der Waals surface area contributed by atoms with Gasteiger partial charge in [0.2, 0.25) is 5.91 Å². The first-order chi connectivity index (χ1) is 11.2. The Morgan fingerprint density at radius 1 is 1.39 bits per heavy atom. The fourth-order valence-corrected chi connectivity index (χ4v) is 4.12. The predicted molar refractivity (Wildman–Crippen MR) is 92.6 cm³/mol. The van der Waals surface area contributed by atoms with Gasteiger partial charge >= 0.3 is 0 Å². The fraction of sp³-hybridized carbons (Fsp3) is 0.294. The fourth-order valence-electron chi connectivity index (χ4n) is 2.80. The zero-order valence-electron chi connectivity index (χ0n) is 12.5. The zero-order chi connectivity index (χ0) is 16.2. The Morgan fingerprint density at radius 2 is 2.17 bits per heavy atom. The van der Waals surface area contributed by atoms with Gasteiger partial charge in [-0.25, -0.2) is 0 Å². The van der Waals surface area contributed by atoms with Crippen molar-refractivity contribution in [3.8, 4) is 6.07 Å². The van der Waals surface area contributed by atoms with Crippen molar-refractivity contribution in [2.45, 2.75) is 19.5 Å². The van der Waals surface area contributed by atoms with Gasteiger partial charge in [0.05, 0.1) is 5.56 Å². The van der Waals surface area contributed by atoms with Gasteiger partial charge in [0.15, 0.2) is 0 Å². The van der Waals surface area contributed by atoms with E-state index in [9.17, 15) is 10.1 Å². The lowest BCUT2D eigenvalue weighted by molar-refractivity contribution is -0.113. The molecule has 118 valence electrons. The van der Waals surface area contributed by atoms with Crippen LogP contribution in [0.2, 0.25) is 0 Å². The maximum absolute atomic E-state index is 11.5. The van der Waals surface area contributed by atoms with Crippen molar-refractivity contribution in [2.75, 3.05) is 17.7 Å². The van der Waals surface area contributed by atoms with Gasteiger partial charge in [0, 0.05) is 24.5 Å². The van der Waals surface area contributed by atoms with E-state index in [4.69, 9.17) is 11.6 Å². The SMILES string of the molecule is N#Cc1c(NC(=O)CCl)sc2c1CCN(Cc1ccccc1)C2. The van der Waals surface area contributed by atoms with Crippen LogP contribution in [0.4, 0.5) is 5.00 Å². The highest BCUT2D eigenvalue weighted by Crippen LogP contribution is 2.36. The molecule has 0 spiro atoms. The molecule has 1 aliphatic heterocycles. The summed E-state index contributed by atoms with van der Waals surface area (Å²) in [4.78, 5) is 15.0. The molecule has 0 radical (unpaired) electrons. The van der Waals surface area contributed by atoms with E-state index < -0.39 is 0 Å². The average molecular weight is 346 g/mol. The number of amides is 1. The van der Waals surface area contributed by atoms with Crippen molar-refractivity contribution in [1.29, 1.82) is 5.26 Å². The van der Waals surface area contributed by atoms with Crippen LogP contribution < -0.4 is 5.32 Å². The molecule has 2 heterocycles. The molecule has 1 aliphatic rings. The third-order valence-corrected chi connectivity index (χ3v) is 5.25. The summed E-state index contributed by atoms with van der Waals surface area (Å²) in [5, 5.41) is 12.8. The van der Waals surface area contributed by atoms with Gasteiger partial charge in [-0.2, -0.15) is 5.26 Å². The zero-order valence-corrected chi connectivity index (χ0v) is 14.1. The van der Waals surface area contributed by atoms with Gasteiger partial charge in [-0.05, 0) is 17.5 Å². The Labute approximate surface area is 144 Å². The molecule has 2 aromatic rings. The molecule has 0 unspecified atom stereocenters. The summed E-state index contributed by atoms with van der Waals surface area (Å²) in [5.41, 5.74) is 2.96. The van der Waals surface area contributed by atoms with E-state index in [0.717, 1.165) is 36.5 Å². The minimum atomic E-state index is -0.275. The van der Waals surface area contributed by atoms with Crippen LogP contribution >= 0.6 is 22.9 Å².